The third-order valence-corrected chi connectivity index (χ3v) is 7.00. The molecule has 0 amide bonds. The van der Waals surface area contributed by atoms with Gasteiger partial charge in [-0.3, -0.25) is 18.2 Å². The Morgan fingerprint density at radius 2 is 1.74 bits per heavy atom. The minimum absolute atomic E-state index is 0. The van der Waals surface area contributed by atoms with Crippen molar-refractivity contribution in [1.29, 1.82) is 0 Å². The van der Waals surface area contributed by atoms with E-state index in [1.54, 1.807) is 0 Å². The molecular weight excluding hydrogens is 484 g/mol. The van der Waals surface area contributed by atoms with Gasteiger partial charge in [-0.15, -0.1) is 0 Å². The van der Waals surface area contributed by atoms with Gasteiger partial charge in [-0.05, 0) is 6.07 Å². The summed E-state index contributed by atoms with van der Waals surface area (Å²) in [7, 11) is -17.4. The number of phosphoric ester groups is 1. The molecule has 0 spiro atoms. The molecule has 7 atom stereocenters. The van der Waals surface area contributed by atoms with Crippen LogP contribution in [0.25, 0.3) is 0 Å². The molecule has 17 nitrogen and oxygen atoms in total. The molecule has 1 aromatic rings. The third-order valence-electron chi connectivity index (χ3n) is 3.27. The molecule has 2 heterocycles. The van der Waals surface area contributed by atoms with Crippen molar-refractivity contribution >= 4 is 29.3 Å². The number of ether oxygens (including phenoxy) is 1. The molecule has 4 unspecified atom stereocenters. The summed E-state index contributed by atoms with van der Waals surface area (Å²) in [5.41, 5.74) is 4.37. The Bertz CT molecular complexity index is 956. The van der Waals surface area contributed by atoms with Crippen molar-refractivity contribution in [3.8, 4) is 0 Å². The average Bonchev–Trinajstić information content (AvgIpc) is 2.78. The van der Waals surface area contributed by atoms with E-state index >= 15 is 0 Å². The number of phosphoric acid groups is 3. The fraction of sp³-hybridized carbons (Fsp3) is 0.556. The fourth-order valence-electron chi connectivity index (χ4n) is 2.18. The Balaban J connectivity index is 0.00000450. The van der Waals surface area contributed by atoms with Crippen LogP contribution in [0.2, 0.25) is 0 Å². The summed E-state index contributed by atoms with van der Waals surface area (Å²) in [6.45, 7) is -1.06. The molecule has 1 aliphatic heterocycles. The first-order valence-electron chi connectivity index (χ1n) is 7.21. The molecule has 1 aromatic heterocycles. The Morgan fingerprint density at radius 1 is 1.16 bits per heavy atom. The number of aromatic nitrogens is 2. The van der Waals surface area contributed by atoms with Crippen LogP contribution in [0.15, 0.2) is 17.1 Å². The number of anilines is 1. The van der Waals surface area contributed by atoms with Crippen molar-refractivity contribution in [2.24, 2.45) is 0 Å². The van der Waals surface area contributed by atoms with Crippen LogP contribution in [0.4, 0.5) is 5.82 Å². The first kappa shape index (κ1) is 31.2. The Kier molecular flexibility index (Phi) is 11.6. The normalized spacial score (nSPS) is 29.0. The minimum Gasteiger partial charge on any atom is -0.756 e. The van der Waals surface area contributed by atoms with Gasteiger partial charge in [-0.25, -0.2) is 18.0 Å². The molecule has 0 bridgehead atoms. The van der Waals surface area contributed by atoms with Gasteiger partial charge in [0.15, 0.2) is 6.23 Å². The number of aliphatic hydroxyl groups excluding tert-OH is 2. The van der Waals surface area contributed by atoms with Crippen molar-refractivity contribution in [2.75, 3.05) is 12.3 Å². The molecule has 166 valence electrons. The predicted molar refractivity (Wildman–Crippen MR) is 84.2 cm³/mol. The van der Waals surface area contributed by atoms with Crippen LogP contribution >= 0.6 is 23.5 Å². The van der Waals surface area contributed by atoms with E-state index in [0.29, 0.717) is 0 Å². The fourth-order valence-corrected chi connectivity index (χ4v) is 5.11. The second kappa shape index (κ2) is 11.5. The van der Waals surface area contributed by atoms with Crippen LogP contribution in [-0.4, -0.2) is 54.5 Å². The molecular formula is C9H14Li2N3O14P3. The maximum Gasteiger partial charge on any atom is 1.00 e. The van der Waals surface area contributed by atoms with E-state index in [4.69, 9.17) is 15.4 Å². The number of hydrogen-bond donors (Lipinski definition) is 5. The number of rotatable bonds is 8. The summed E-state index contributed by atoms with van der Waals surface area (Å²) < 4.78 is 49.9. The van der Waals surface area contributed by atoms with E-state index in [1.165, 1.54) is 6.07 Å². The molecule has 2 rings (SSSR count). The van der Waals surface area contributed by atoms with Gasteiger partial charge in [0.2, 0.25) is 0 Å². The zero-order valence-electron chi connectivity index (χ0n) is 15.9. The van der Waals surface area contributed by atoms with E-state index in [2.05, 4.69) is 18.1 Å². The van der Waals surface area contributed by atoms with Crippen LogP contribution in [0, 0.1) is 0 Å². The van der Waals surface area contributed by atoms with Gasteiger partial charge < -0.3 is 40.3 Å². The van der Waals surface area contributed by atoms with E-state index in [1.807, 2.05) is 0 Å². The summed E-state index contributed by atoms with van der Waals surface area (Å²) in [6.07, 6.45) is -5.50. The minimum atomic E-state index is -6.03. The summed E-state index contributed by atoms with van der Waals surface area (Å²) in [6, 6.07) is 1.19. The number of aliphatic hydroxyl groups is 2. The number of nitrogens with two attached hydrogens (primary N) is 1. The third kappa shape index (κ3) is 9.14. The molecule has 0 saturated carbocycles. The first-order valence-corrected chi connectivity index (χ1v) is 11.7. The zero-order valence-corrected chi connectivity index (χ0v) is 18.5. The van der Waals surface area contributed by atoms with Gasteiger partial charge in [-0.1, -0.05) is 0 Å². The van der Waals surface area contributed by atoms with E-state index in [-0.39, 0.29) is 43.5 Å². The van der Waals surface area contributed by atoms with E-state index in [0.717, 1.165) is 10.8 Å². The molecule has 0 aliphatic carbocycles. The summed E-state index contributed by atoms with van der Waals surface area (Å²) in [5.74, 6) is -0.132. The van der Waals surface area contributed by atoms with Crippen molar-refractivity contribution < 1.29 is 99.1 Å². The van der Waals surface area contributed by atoms with Gasteiger partial charge in [0.25, 0.3) is 15.6 Å². The average molecular weight is 498 g/mol. The maximum atomic E-state index is 11.8. The van der Waals surface area contributed by atoms with Gasteiger partial charge in [-0.2, -0.15) is 4.98 Å². The molecule has 0 aromatic carbocycles. The molecule has 22 heteroatoms. The maximum absolute atomic E-state index is 11.8. The SMILES string of the molecule is [15NH2]c1cc[15n]([C@@H]2O[C@H](COP(=O)(O)OP(=O)([O-])OP(=O)([O-])O)C(O)[C@@H]2O)c(=O)[15n]1.[Li+].[Li+]. The van der Waals surface area contributed by atoms with Crippen LogP contribution in [0.3, 0.4) is 0 Å². The van der Waals surface area contributed by atoms with Gasteiger partial charge >= 0.3 is 51.2 Å². The Morgan fingerprint density at radius 3 is 2.26 bits per heavy atom. The van der Waals surface area contributed by atoms with Crippen molar-refractivity contribution in [3.05, 3.63) is 22.7 Å². The van der Waals surface area contributed by atoms with Crippen molar-refractivity contribution in [2.45, 2.75) is 24.5 Å². The molecule has 0 radical (unpaired) electrons. The number of nitrogens with zero attached hydrogens (tertiary/aromatic N) is 2. The van der Waals surface area contributed by atoms with Gasteiger partial charge in [0.1, 0.15) is 24.1 Å². The first-order chi connectivity index (χ1) is 13.1. The van der Waals surface area contributed by atoms with Gasteiger partial charge in [0.05, 0.1) is 6.61 Å². The van der Waals surface area contributed by atoms with E-state index < -0.39 is 60.3 Å². The monoisotopic (exact) mass is 498 g/mol. The Hall–Kier alpha value is 0.165. The quantitative estimate of drug-likeness (QED) is 0.126. The molecule has 1 fully saturated rings. The van der Waals surface area contributed by atoms with Crippen molar-refractivity contribution in [3.63, 3.8) is 0 Å². The second-order valence-electron chi connectivity index (χ2n) is 5.43. The second-order valence-corrected chi connectivity index (χ2v) is 9.77. The standard InChI is InChI=1S/C9H16N3O14P3.2Li/c10-5-1-2-12(9(15)11-5)8-7(14)6(13)4(24-8)3-23-28(19,20)26-29(21,22)25-27(16,17)18;;/h1-2,4,6-8,13-14H,3H2,(H,19,20)(H,21,22)(H2,10,11,15)(H2,16,17,18);;/q;2*+1/p-2/t4-,6?,7+,8-;;/m1../s1/i10+1,11+1,12+1;;. The summed E-state index contributed by atoms with van der Waals surface area (Å²) >= 11 is 0. The summed E-state index contributed by atoms with van der Waals surface area (Å²) in [5, 5.41) is 19.9. The molecule has 6 N–H and O–H groups in total. The van der Waals surface area contributed by atoms with Crippen LogP contribution in [0.5, 0.6) is 0 Å². The van der Waals surface area contributed by atoms with Crippen LogP contribution in [0.1, 0.15) is 6.23 Å². The number of hydrogen-bond acceptors (Lipinski definition) is 14. The zero-order chi connectivity index (χ0) is 22.2. The van der Waals surface area contributed by atoms with Crippen molar-refractivity contribution in [1.82, 2.24) is 9.55 Å². The predicted octanol–water partition coefficient (Wildman–Crippen LogP) is -9.47. The number of nitrogen functional groups attached to an aromatic ring is 1. The summed E-state index contributed by atoms with van der Waals surface area (Å²) in [4.78, 5) is 54.3. The molecule has 31 heavy (non-hydrogen) atoms. The van der Waals surface area contributed by atoms with E-state index in [9.17, 15) is 43.4 Å². The van der Waals surface area contributed by atoms with Gasteiger partial charge in [0, 0.05) is 6.20 Å². The van der Waals surface area contributed by atoms with Crippen LogP contribution < -0.4 is 58.9 Å². The Labute approximate surface area is 197 Å². The smallest absolute Gasteiger partial charge is 0.756 e. The molecule has 1 aliphatic rings. The largest absolute Gasteiger partial charge is 1.00 e. The topological polar surface area (TPSA) is 276 Å². The van der Waals surface area contributed by atoms with Crippen LogP contribution in [-0.2, 0) is 31.6 Å². The molecule has 1 saturated heterocycles.